The molecular formula is C18H23N5O6S. The number of nitrogens with one attached hydrogen (secondary N) is 2. The van der Waals surface area contributed by atoms with Crippen molar-refractivity contribution in [2.24, 2.45) is 18.7 Å². The maximum atomic E-state index is 12.8. The number of sulfonamides is 1. The molecule has 0 spiro atoms. The fourth-order valence-corrected chi connectivity index (χ4v) is 4.88. The summed E-state index contributed by atoms with van der Waals surface area (Å²) in [6.45, 7) is 1.90. The van der Waals surface area contributed by atoms with E-state index in [1.54, 1.807) is 6.92 Å². The van der Waals surface area contributed by atoms with Gasteiger partial charge in [-0.25, -0.2) is 8.42 Å². The van der Waals surface area contributed by atoms with E-state index < -0.39 is 33.7 Å². The summed E-state index contributed by atoms with van der Waals surface area (Å²) in [4.78, 5) is 35.7. The number of primary amides is 1. The summed E-state index contributed by atoms with van der Waals surface area (Å²) in [6.07, 6.45) is 3.30. The average Bonchev–Trinajstić information content (AvgIpc) is 3.32. The smallest absolute Gasteiger partial charge is 0.273 e. The van der Waals surface area contributed by atoms with Gasteiger partial charge in [0.15, 0.2) is 0 Å². The number of hydrogen-bond acceptors (Lipinski definition) is 6. The minimum absolute atomic E-state index is 0.0237. The number of carbonyl (C=O) groups excluding carboxylic acids is 3. The second-order valence-electron chi connectivity index (χ2n) is 7.05. The molecule has 12 heteroatoms. The fourth-order valence-electron chi connectivity index (χ4n) is 3.34. The Morgan fingerprint density at radius 3 is 2.40 bits per heavy atom. The van der Waals surface area contributed by atoms with Gasteiger partial charge in [-0.1, -0.05) is 0 Å². The highest BCUT2D eigenvalue weighted by molar-refractivity contribution is 7.89. The molecule has 1 aliphatic rings. The molecule has 0 saturated carbocycles. The Hall–Kier alpha value is -3.12. The molecule has 0 atom stereocenters. The number of hydrogen-bond donors (Lipinski definition) is 3. The van der Waals surface area contributed by atoms with Gasteiger partial charge in [0.2, 0.25) is 15.9 Å². The third kappa shape index (κ3) is 4.24. The van der Waals surface area contributed by atoms with Crippen LogP contribution in [-0.2, 0) is 21.9 Å². The molecule has 2 aromatic rings. The van der Waals surface area contributed by atoms with E-state index >= 15 is 0 Å². The van der Waals surface area contributed by atoms with Gasteiger partial charge in [0, 0.05) is 32.3 Å². The van der Waals surface area contributed by atoms with E-state index in [4.69, 9.17) is 10.2 Å². The first-order valence-electron chi connectivity index (χ1n) is 9.22. The van der Waals surface area contributed by atoms with Crippen molar-refractivity contribution in [3.8, 4) is 0 Å². The summed E-state index contributed by atoms with van der Waals surface area (Å²) in [6, 6.07) is 2.73. The predicted octanol–water partition coefficient (Wildman–Crippen LogP) is -0.113. The van der Waals surface area contributed by atoms with Crippen molar-refractivity contribution >= 4 is 27.7 Å². The van der Waals surface area contributed by atoms with Crippen molar-refractivity contribution in [1.82, 2.24) is 19.7 Å². The van der Waals surface area contributed by atoms with Crippen LogP contribution in [0, 0.1) is 12.8 Å². The largest absolute Gasteiger partial charge is 0.469 e. The van der Waals surface area contributed by atoms with E-state index in [9.17, 15) is 22.8 Å². The van der Waals surface area contributed by atoms with E-state index in [0.717, 1.165) is 0 Å². The molecule has 0 aliphatic carbocycles. The maximum Gasteiger partial charge on any atom is 0.273 e. The van der Waals surface area contributed by atoms with Crippen LogP contribution < -0.4 is 16.6 Å². The standard InChI is InChI=1S/C18H23N5O6S/c1-11-14(5-8-29-11)18(26)21-20-17(25)12-3-6-23(7-4-12)30(27,28)13-9-15(16(19)24)22(2)10-13/h5,8-10,12H,3-4,6-7H2,1-2H3,(H2,19,24)(H,20,25)(H,21,26). The normalized spacial score (nSPS) is 15.7. The number of aryl methyl sites for hydroxylation is 2. The number of furan rings is 1. The van der Waals surface area contributed by atoms with Gasteiger partial charge in [-0.15, -0.1) is 0 Å². The molecule has 3 heterocycles. The number of rotatable bonds is 5. The lowest BCUT2D eigenvalue weighted by Gasteiger charge is -2.30. The molecule has 162 valence electrons. The van der Waals surface area contributed by atoms with Crippen LogP contribution in [0.25, 0.3) is 0 Å². The minimum Gasteiger partial charge on any atom is -0.469 e. The number of piperidine rings is 1. The lowest BCUT2D eigenvalue weighted by atomic mass is 9.98. The van der Waals surface area contributed by atoms with Crippen molar-refractivity contribution in [3.63, 3.8) is 0 Å². The fraction of sp³-hybridized carbons (Fsp3) is 0.389. The van der Waals surface area contributed by atoms with Crippen molar-refractivity contribution in [2.45, 2.75) is 24.7 Å². The summed E-state index contributed by atoms with van der Waals surface area (Å²) < 4.78 is 33.3. The molecule has 2 aromatic heterocycles. The Bertz CT molecular complexity index is 1080. The molecule has 4 N–H and O–H groups in total. The summed E-state index contributed by atoms with van der Waals surface area (Å²) in [5.74, 6) is -1.62. The molecule has 11 nitrogen and oxygen atoms in total. The second-order valence-corrected chi connectivity index (χ2v) is 8.99. The Morgan fingerprint density at radius 2 is 1.87 bits per heavy atom. The van der Waals surface area contributed by atoms with Crippen molar-refractivity contribution in [3.05, 3.63) is 41.6 Å². The van der Waals surface area contributed by atoms with Gasteiger partial charge >= 0.3 is 0 Å². The van der Waals surface area contributed by atoms with Crippen molar-refractivity contribution in [2.75, 3.05) is 13.1 Å². The van der Waals surface area contributed by atoms with Gasteiger partial charge in [0.05, 0.1) is 11.8 Å². The van der Waals surface area contributed by atoms with Crippen LogP contribution in [0.5, 0.6) is 0 Å². The number of amides is 3. The first-order valence-corrected chi connectivity index (χ1v) is 10.7. The van der Waals surface area contributed by atoms with Crippen LogP contribution in [-0.4, -0.2) is 48.1 Å². The zero-order valence-corrected chi connectivity index (χ0v) is 17.4. The molecule has 1 saturated heterocycles. The van der Waals surface area contributed by atoms with Gasteiger partial charge in [-0.05, 0) is 31.9 Å². The highest BCUT2D eigenvalue weighted by Gasteiger charge is 2.33. The monoisotopic (exact) mass is 437 g/mol. The number of nitrogens with zero attached hydrogens (tertiary/aromatic N) is 2. The van der Waals surface area contributed by atoms with Crippen molar-refractivity contribution in [1.29, 1.82) is 0 Å². The van der Waals surface area contributed by atoms with Gasteiger partial charge in [0.25, 0.3) is 11.8 Å². The highest BCUT2D eigenvalue weighted by Crippen LogP contribution is 2.25. The molecule has 0 aromatic carbocycles. The average molecular weight is 437 g/mol. The first-order chi connectivity index (χ1) is 14.1. The van der Waals surface area contributed by atoms with Crippen LogP contribution >= 0.6 is 0 Å². The number of carbonyl (C=O) groups is 3. The van der Waals surface area contributed by atoms with E-state index in [1.807, 2.05) is 0 Å². The van der Waals surface area contributed by atoms with Crippen LogP contribution in [0.15, 0.2) is 33.9 Å². The summed E-state index contributed by atoms with van der Waals surface area (Å²) in [7, 11) is -2.28. The van der Waals surface area contributed by atoms with E-state index in [1.165, 1.54) is 40.5 Å². The quantitative estimate of drug-likeness (QED) is 0.554. The SMILES string of the molecule is Cc1occc1C(=O)NNC(=O)C1CCN(S(=O)(=O)c2cc(C(N)=O)n(C)c2)CC1. The molecule has 3 amide bonds. The molecule has 3 rings (SSSR count). The van der Waals surface area contributed by atoms with Gasteiger partial charge in [0.1, 0.15) is 16.3 Å². The zero-order chi connectivity index (χ0) is 22.1. The third-order valence-corrected chi connectivity index (χ3v) is 6.96. The summed E-state index contributed by atoms with van der Waals surface area (Å²) >= 11 is 0. The molecular weight excluding hydrogens is 414 g/mol. The summed E-state index contributed by atoms with van der Waals surface area (Å²) in [5, 5.41) is 0. The predicted molar refractivity (Wildman–Crippen MR) is 104 cm³/mol. The number of nitrogens with two attached hydrogens (primary N) is 1. The topological polar surface area (TPSA) is 157 Å². The van der Waals surface area contributed by atoms with E-state index in [-0.39, 0.29) is 23.7 Å². The molecule has 0 radical (unpaired) electrons. The Kier molecular flexibility index (Phi) is 5.99. The lowest BCUT2D eigenvalue weighted by molar-refractivity contribution is -0.126. The zero-order valence-electron chi connectivity index (χ0n) is 16.5. The van der Waals surface area contributed by atoms with Gasteiger partial charge < -0.3 is 14.7 Å². The molecule has 1 aliphatic heterocycles. The molecule has 1 fully saturated rings. The number of aromatic nitrogens is 1. The van der Waals surface area contributed by atoms with Crippen LogP contribution in [0.1, 0.15) is 39.4 Å². The van der Waals surface area contributed by atoms with E-state index in [2.05, 4.69) is 10.9 Å². The Balaban J connectivity index is 1.56. The summed E-state index contributed by atoms with van der Waals surface area (Å²) in [5.41, 5.74) is 10.4. The van der Waals surface area contributed by atoms with Crippen LogP contribution in [0.3, 0.4) is 0 Å². The van der Waals surface area contributed by atoms with Crippen molar-refractivity contribution < 1.29 is 27.2 Å². The third-order valence-electron chi connectivity index (χ3n) is 5.10. The second kappa shape index (κ2) is 8.32. The Labute approximate surface area is 173 Å². The van der Waals surface area contributed by atoms with Gasteiger partial charge in [-0.2, -0.15) is 4.31 Å². The number of hydrazine groups is 1. The molecule has 0 unspecified atom stereocenters. The van der Waals surface area contributed by atoms with Gasteiger partial charge in [-0.3, -0.25) is 25.2 Å². The highest BCUT2D eigenvalue weighted by atomic mass is 32.2. The molecule has 30 heavy (non-hydrogen) atoms. The first kappa shape index (κ1) is 21.6. The molecule has 0 bridgehead atoms. The maximum absolute atomic E-state index is 12.8. The van der Waals surface area contributed by atoms with Crippen LogP contribution in [0.4, 0.5) is 0 Å². The van der Waals surface area contributed by atoms with E-state index in [0.29, 0.717) is 24.2 Å². The lowest BCUT2D eigenvalue weighted by Crippen LogP contribution is -2.48. The minimum atomic E-state index is -3.81. The Morgan fingerprint density at radius 1 is 1.20 bits per heavy atom. The van der Waals surface area contributed by atoms with Crippen LogP contribution in [0.2, 0.25) is 0 Å².